The second-order valence-corrected chi connectivity index (χ2v) is 9.47. The van der Waals surface area contributed by atoms with Gasteiger partial charge in [-0.3, -0.25) is 0 Å². The Morgan fingerprint density at radius 2 is 2.16 bits per heavy atom. The molecule has 1 atom stereocenters. The summed E-state index contributed by atoms with van der Waals surface area (Å²) in [6.45, 7) is 7.76. The van der Waals surface area contributed by atoms with Crippen molar-refractivity contribution in [3.63, 3.8) is 0 Å². The monoisotopic (exact) mass is 321 g/mol. The van der Waals surface area contributed by atoms with E-state index in [2.05, 4.69) is 20.8 Å². The van der Waals surface area contributed by atoms with Crippen LogP contribution in [-0.4, -0.2) is 25.8 Å². The summed E-state index contributed by atoms with van der Waals surface area (Å²) in [5.41, 5.74) is 1.03. The van der Waals surface area contributed by atoms with Crippen LogP contribution in [0.3, 0.4) is 0 Å². The maximum absolute atomic E-state index is 12.5. The minimum absolute atomic E-state index is 0.154. The van der Waals surface area contributed by atoms with Gasteiger partial charge in [-0.2, -0.15) is 4.31 Å². The van der Waals surface area contributed by atoms with Crippen LogP contribution in [0.2, 0.25) is 0 Å². The molecule has 0 radical (unpaired) electrons. The van der Waals surface area contributed by atoms with Crippen LogP contribution >= 0.6 is 22.9 Å². The van der Waals surface area contributed by atoms with Crippen molar-refractivity contribution in [2.75, 3.05) is 13.1 Å². The molecule has 19 heavy (non-hydrogen) atoms. The van der Waals surface area contributed by atoms with Crippen LogP contribution < -0.4 is 0 Å². The highest BCUT2D eigenvalue weighted by atomic mass is 35.5. The number of hydrogen-bond acceptors (Lipinski definition) is 3. The fourth-order valence-corrected chi connectivity index (χ4v) is 5.45. The highest BCUT2D eigenvalue weighted by Gasteiger charge is 2.38. The zero-order valence-electron chi connectivity index (χ0n) is 11.5. The molecule has 1 aromatic heterocycles. The SMILES string of the molecule is CC(C)(C)C1CCN(S(=O)(=O)c2cc(CCl)cs2)C1. The lowest BCUT2D eigenvalue weighted by molar-refractivity contribution is 0.252. The summed E-state index contributed by atoms with van der Waals surface area (Å²) in [6, 6.07) is 1.69. The molecule has 1 aliphatic heterocycles. The molecule has 0 spiro atoms. The number of alkyl halides is 1. The average Bonchev–Trinajstić information content (AvgIpc) is 2.98. The summed E-state index contributed by atoms with van der Waals surface area (Å²) in [5.74, 6) is 0.783. The Morgan fingerprint density at radius 3 is 2.63 bits per heavy atom. The molecule has 1 fully saturated rings. The topological polar surface area (TPSA) is 37.4 Å². The molecule has 108 valence electrons. The molecule has 6 heteroatoms. The van der Waals surface area contributed by atoms with E-state index in [0.29, 0.717) is 29.1 Å². The van der Waals surface area contributed by atoms with E-state index in [-0.39, 0.29) is 5.41 Å². The molecular weight excluding hydrogens is 302 g/mol. The molecule has 0 N–H and O–H groups in total. The molecular formula is C13H20ClNO2S2. The van der Waals surface area contributed by atoms with Gasteiger partial charge in [0, 0.05) is 19.0 Å². The lowest BCUT2D eigenvalue weighted by Crippen LogP contribution is -2.30. The van der Waals surface area contributed by atoms with Crippen molar-refractivity contribution in [2.45, 2.75) is 37.3 Å². The van der Waals surface area contributed by atoms with Gasteiger partial charge in [-0.05, 0) is 34.8 Å². The molecule has 0 saturated carbocycles. The highest BCUT2D eigenvalue weighted by molar-refractivity contribution is 7.91. The van der Waals surface area contributed by atoms with Gasteiger partial charge in [0.15, 0.2) is 0 Å². The van der Waals surface area contributed by atoms with Gasteiger partial charge in [0.2, 0.25) is 0 Å². The van der Waals surface area contributed by atoms with Crippen LogP contribution in [0.15, 0.2) is 15.7 Å². The fraction of sp³-hybridized carbons (Fsp3) is 0.692. The van der Waals surface area contributed by atoms with Gasteiger partial charge in [0.1, 0.15) is 4.21 Å². The maximum Gasteiger partial charge on any atom is 0.252 e. The third-order valence-corrected chi connectivity index (χ3v) is 7.39. The molecule has 0 aromatic carbocycles. The van der Waals surface area contributed by atoms with E-state index in [4.69, 9.17) is 11.6 Å². The van der Waals surface area contributed by atoms with Crippen molar-refractivity contribution in [2.24, 2.45) is 11.3 Å². The summed E-state index contributed by atoms with van der Waals surface area (Å²) in [5, 5.41) is 1.82. The summed E-state index contributed by atoms with van der Waals surface area (Å²) in [6.07, 6.45) is 0.941. The minimum Gasteiger partial charge on any atom is -0.206 e. The molecule has 0 bridgehead atoms. The fourth-order valence-electron chi connectivity index (χ4n) is 2.34. The van der Waals surface area contributed by atoms with E-state index >= 15 is 0 Å². The van der Waals surface area contributed by atoms with Crippen LogP contribution in [0.1, 0.15) is 32.8 Å². The van der Waals surface area contributed by atoms with E-state index in [1.165, 1.54) is 11.3 Å². The summed E-state index contributed by atoms with van der Waals surface area (Å²) >= 11 is 6.99. The lowest BCUT2D eigenvalue weighted by Gasteiger charge is -2.26. The Morgan fingerprint density at radius 1 is 1.47 bits per heavy atom. The third kappa shape index (κ3) is 3.15. The predicted octanol–water partition coefficient (Wildman–Crippen LogP) is 3.54. The van der Waals surface area contributed by atoms with E-state index in [0.717, 1.165) is 12.0 Å². The molecule has 1 aliphatic rings. The average molecular weight is 322 g/mol. The van der Waals surface area contributed by atoms with E-state index in [1.54, 1.807) is 10.4 Å². The second kappa shape index (κ2) is 5.35. The van der Waals surface area contributed by atoms with Crippen LogP contribution in [0.25, 0.3) is 0 Å². The van der Waals surface area contributed by atoms with Crippen molar-refractivity contribution in [3.05, 3.63) is 17.0 Å². The van der Waals surface area contributed by atoms with Gasteiger partial charge in [0.25, 0.3) is 10.0 Å². The zero-order chi connectivity index (χ0) is 14.3. The number of nitrogens with zero attached hydrogens (tertiary/aromatic N) is 1. The first-order valence-electron chi connectivity index (χ1n) is 6.38. The summed E-state index contributed by atoms with van der Waals surface area (Å²) in [7, 11) is -3.33. The molecule has 1 saturated heterocycles. The molecule has 2 rings (SSSR count). The van der Waals surface area contributed by atoms with Gasteiger partial charge in [-0.1, -0.05) is 20.8 Å². The first kappa shape index (κ1) is 15.3. The lowest BCUT2D eigenvalue weighted by atomic mass is 9.80. The maximum atomic E-state index is 12.5. The van der Waals surface area contributed by atoms with Crippen molar-refractivity contribution >= 4 is 33.0 Å². The zero-order valence-corrected chi connectivity index (χ0v) is 13.9. The summed E-state index contributed by atoms with van der Waals surface area (Å²) in [4.78, 5) is 0. The van der Waals surface area contributed by atoms with Crippen molar-refractivity contribution in [1.29, 1.82) is 0 Å². The van der Waals surface area contributed by atoms with Gasteiger partial charge in [-0.25, -0.2) is 8.42 Å². The Hall–Kier alpha value is -0.100. The molecule has 1 aromatic rings. The van der Waals surface area contributed by atoms with Crippen molar-refractivity contribution in [3.8, 4) is 0 Å². The second-order valence-electron chi connectivity index (χ2n) is 6.12. The van der Waals surface area contributed by atoms with Gasteiger partial charge in [0.05, 0.1) is 0 Å². The minimum atomic E-state index is -3.33. The van der Waals surface area contributed by atoms with Gasteiger partial charge < -0.3 is 0 Å². The van der Waals surface area contributed by atoms with Crippen LogP contribution in [0, 0.1) is 11.3 Å². The number of hydrogen-bond donors (Lipinski definition) is 0. The largest absolute Gasteiger partial charge is 0.252 e. The van der Waals surface area contributed by atoms with Crippen molar-refractivity contribution < 1.29 is 8.42 Å². The Labute approximate surface area is 124 Å². The standard InChI is InChI=1S/C13H20ClNO2S2/c1-13(2,3)11-4-5-15(8-11)19(16,17)12-6-10(7-14)9-18-12/h6,9,11H,4-5,7-8H2,1-3H3. The Balaban J connectivity index is 2.18. The van der Waals surface area contributed by atoms with Gasteiger partial charge in [-0.15, -0.1) is 22.9 Å². The third-order valence-electron chi connectivity index (χ3n) is 3.75. The molecule has 1 unspecified atom stereocenters. The molecule has 0 amide bonds. The van der Waals surface area contributed by atoms with E-state index in [9.17, 15) is 8.42 Å². The smallest absolute Gasteiger partial charge is 0.206 e. The Kier molecular flexibility index (Phi) is 4.31. The van der Waals surface area contributed by atoms with Crippen LogP contribution in [-0.2, 0) is 15.9 Å². The van der Waals surface area contributed by atoms with E-state index in [1.807, 2.05) is 5.38 Å². The molecule has 2 heterocycles. The van der Waals surface area contributed by atoms with Gasteiger partial charge >= 0.3 is 0 Å². The summed E-state index contributed by atoms with van der Waals surface area (Å²) < 4.78 is 27.1. The molecule has 3 nitrogen and oxygen atoms in total. The quantitative estimate of drug-likeness (QED) is 0.798. The Bertz CT molecular complexity index is 545. The number of thiophene rings is 1. The van der Waals surface area contributed by atoms with E-state index < -0.39 is 10.0 Å². The predicted molar refractivity (Wildman–Crippen MR) is 80.2 cm³/mol. The number of rotatable bonds is 3. The van der Waals surface area contributed by atoms with Crippen LogP contribution in [0.5, 0.6) is 0 Å². The number of halogens is 1. The normalized spacial score (nSPS) is 22.0. The highest BCUT2D eigenvalue weighted by Crippen LogP contribution is 2.36. The number of sulfonamides is 1. The molecule has 0 aliphatic carbocycles. The first-order valence-corrected chi connectivity index (χ1v) is 9.24. The first-order chi connectivity index (χ1) is 8.75. The van der Waals surface area contributed by atoms with Crippen molar-refractivity contribution in [1.82, 2.24) is 4.31 Å². The van der Waals surface area contributed by atoms with Crippen LogP contribution in [0.4, 0.5) is 0 Å².